The highest BCUT2D eigenvalue weighted by Crippen LogP contribution is 2.03. The summed E-state index contributed by atoms with van der Waals surface area (Å²) in [5.41, 5.74) is 0. The standard InChI is InChI=1S/C10H22N2O3/c1-8(9(2)13)12(7-10(14)15)6-5-11(3)4/h8-9,13H,5-7H2,1-4H3,(H,14,15). The quantitative estimate of drug-likeness (QED) is 0.614. The first-order chi connectivity index (χ1) is 6.84. The minimum atomic E-state index is -0.860. The van der Waals surface area contributed by atoms with Gasteiger partial charge in [-0.2, -0.15) is 0 Å². The molecule has 2 unspecified atom stereocenters. The number of aliphatic hydroxyl groups excluding tert-OH is 1. The van der Waals surface area contributed by atoms with Gasteiger partial charge in [0.15, 0.2) is 0 Å². The molecule has 2 N–H and O–H groups in total. The van der Waals surface area contributed by atoms with Crippen LogP contribution in [0.25, 0.3) is 0 Å². The molecule has 2 atom stereocenters. The Morgan fingerprint density at radius 2 is 1.80 bits per heavy atom. The zero-order valence-corrected chi connectivity index (χ0v) is 9.97. The van der Waals surface area contributed by atoms with Crippen molar-refractivity contribution >= 4 is 5.97 Å². The Morgan fingerprint density at radius 3 is 2.13 bits per heavy atom. The molecule has 0 heterocycles. The second kappa shape index (κ2) is 6.76. The van der Waals surface area contributed by atoms with Gasteiger partial charge in [0, 0.05) is 19.1 Å². The number of rotatable bonds is 7. The van der Waals surface area contributed by atoms with Gasteiger partial charge in [0.05, 0.1) is 12.6 Å². The highest BCUT2D eigenvalue weighted by Gasteiger charge is 2.20. The zero-order chi connectivity index (χ0) is 12.0. The average molecular weight is 218 g/mol. The molecule has 0 amide bonds. The molecule has 0 spiro atoms. The van der Waals surface area contributed by atoms with E-state index in [2.05, 4.69) is 0 Å². The van der Waals surface area contributed by atoms with Crippen LogP contribution in [0.3, 0.4) is 0 Å². The predicted octanol–water partition coefficient (Wildman–Crippen LogP) is -0.296. The minimum Gasteiger partial charge on any atom is -0.480 e. The van der Waals surface area contributed by atoms with E-state index in [4.69, 9.17) is 5.11 Å². The maximum absolute atomic E-state index is 10.6. The maximum atomic E-state index is 10.6. The van der Waals surface area contributed by atoms with E-state index in [-0.39, 0.29) is 12.6 Å². The topological polar surface area (TPSA) is 64.0 Å². The Labute approximate surface area is 91.3 Å². The van der Waals surface area contributed by atoms with Crippen LogP contribution in [0.5, 0.6) is 0 Å². The van der Waals surface area contributed by atoms with Crippen LogP contribution in [-0.4, -0.2) is 71.9 Å². The molecule has 0 rings (SSSR count). The monoisotopic (exact) mass is 218 g/mol. The number of nitrogens with zero attached hydrogens (tertiary/aromatic N) is 2. The van der Waals surface area contributed by atoms with E-state index >= 15 is 0 Å². The van der Waals surface area contributed by atoms with Gasteiger partial charge in [-0.25, -0.2) is 0 Å². The number of hydrogen-bond acceptors (Lipinski definition) is 4. The third kappa shape index (κ3) is 6.43. The Kier molecular flexibility index (Phi) is 6.47. The molecule has 0 radical (unpaired) electrons. The van der Waals surface area contributed by atoms with E-state index in [1.807, 2.05) is 25.9 Å². The Hall–Kier alpha value is -0.650. The Balaban J connectivity index is 4.23. The van der Waals surface area contributed by atoms with Crippen molar-refractivity contribution in [2.45, 2.75) is 26.0 Å². The Bertz CT molecular complexity index is 195. The normalized spacial score (nSPS) is 15.7. The molecule has 90 valence electrons. The van der Waals surface area contributed by atoms with Gasteiger partial charge in [-0.15, -0.1) is 0 Å². The van der Waals surface area contributed by atoms with Crippen LogP contribution in [0.1, 0.15) is 13.8 Å². The van der Waals surface area contributed by atoms with Crippen molar-refractivity contribution in [3.63, 3.8) is 0 Å². The highest BCUT2D eigenvalue weighted by atomic mass is 16.4. The van der Waals surface area contributed by atoms with Crippen molar-refractivity contribution in [2.24, 2.45) is 0 Å². The van der Waals surface area contributed by atoms with Crippen molar-refractivity contribution < 1.29 is 15.0 Å². The molecule has 0 aliphatic heterocycles. The van der Waals surface area contributed by atoms with Crippen molar-refractivity contribution in [2.75, 3.05) is 33.7 Å². The SMILES string of the molecule is CC(O)C(C)N(CCN(C)C)CC(=O)O. The number of carboxylic acids is 1. The van der Waals surface area contributed by atoms with Gasteiger partial charge >= 0.3 is 5.97 Å². The molecule has 0 aromatic heterocycles. The maximum Gasteiger partial charge on any atom is 0.317 e. The molecule has 5 nitrogen and oxygen atoms in total. The summed E-state index contributed by atoms with van der Waals surface area (Å²) in [6, 6.07) is -0.138. The van der Waals surface area contributed by atoms with Crippen molar-refractivity contribution in [3.8, 4) is 0 Å². The molecule has 0 bridgehead atoms. The number of carbonyl (C=O) groups is 1. The summed E-state index contributed by atoms with van der Waals surface area (Å²) in [6.07, 6.45) is -0.522. The summed E-state index contributed by atoms with van der Waals surface area (Å²) in [7, 11) is 3.87. The second-order valence-corrected chi connectivity index (χ2v) is 4.15. The number of hydrogen-bond donors (Lipinski definition) is 2. The fourth-order valence-electron chi connectivity index (χ4n) is 1.23. The van der Waals surface area contributed by atoms with E-state index in [1.165, 1.54) is 0 Å². The van der Waals surface area contributed by atoms with Gasteiger partial charge in [0.25, 0.3) is 0 Å². The van der Waals surface area contributed by atoms with Crippen molar-refractivity contribution in [1.82, 2.24) is 9.80 Å². The average Bonchev–Trinajstić information content (AvgIpc) is 2.10. The van der Waals surface area contributed by atoms with Crippen LogP contribution in [0.4, 0.5) is 0 Å². The van der Waals surface area contributed by atoms with Gasteiger partial charge in [-0.1, -0.05) is 0 Å². The molecule has 0 aliphatic rings. The van der Waals surface area contributed by atoms with E-state index in [1.54, 1.807) is 11.8 Å². The molecular formula is C10H22N2O3. The smallest absolute Gasteiger partial charge is 0.317 e. The molecule has 5 heteroatoms. The fraction of sp³-hybridized carbons (Fsp3) is 0.900. The highest BCUT2D eigenvalue weighted by molar-refractivity contribution is 5.69. The van der Waals surface area contributed by atoms with Crippen LogP contribution in [0, 0.1) is 0 Å². The number of aliphatic hydroxyl groups is 1. The molecule has 0 aromatic rings. The molecule has 0 aromatic carbocycles. The van der Waals surface area contributed by atoms with Crippen LogP contribution in [0.2, 0.25) is 0 Å². The summed E-state index contributed by atoms with van der Waals surface area (Å²) >= 11 is 0. The first kappa shape index (κ1) is 14.3. The summed E-state index contributed by atoms with van der Waals surface area (Å²) in [5.74, 6) is -0.860. The van der Waals surface area contributed by atoms with Gasteiger partial charge in [0.2, 0.25) is 0 Å². The lowest BCUT2D eigenvalue weighted by molar-refractivity contribution is -0.139. The van der Waals surface area contributed by atoms with Gasteiger partial charge < -0.3 is 15.1 Å². The van der Waals surface area contributed by atoms with E-state index in [0.29, 0.717) is 6.54 Å². The predicted molar refractivity (Wildman–Crippen MR) is 58.9 cm³/mol. The van der Waals surface area contributed by atoms with Crippen molar-refractivity contribution in [3.05, 3.63) is 0 Å². The lowest BCUT2D eigenvalue weighted by Crippen LogP contribution is -2.45. The van der Waals surface area contributed by atoms with Crippen LogP contribution in [-0.2, 0) is 4.79 Å². The molecule has 0 fully saturated rings. The van der Waals surface area contributed by atoms with Crippen LogP contribution < -0.4 is 0 Å². The largest absolute Gasteiger partial charge is 0.480 e. The van der Waals surface area contributed by atoms with Gasteiger partial charge in [-0.3, -0.25) is 9.69 Å². The summed E-state index contributed by atoms with van der Waals surface area (Å²) in [6.45, 7) is 4.91. The number of aliphatic carboxylic acids is 1. The molecule has 0 saturated heterocycles. The van der Waals surface area contributed by atoms with Crippen LogP contribution in [0.15, 0.2) is 0 Å². The van der Waals surface area contributed by atoms with Crippen LogP contribution >= 0.6 is 0 Å². The third-order valence-corrected chi connectivity index (χ3v) is 2.45. The summed E-state index contributed by atoms with van der Waals surface area (Å²) in [4.78, 5) is 14.4. The van der Waals surface area contributed by atoms with E-state index in [0.717, 1.165) is 6.54 Å². The molecule has 0 aliphatic carbocycles. The first-order valence-electron chi connectivity index (χ1n) is 5.13. The lowest BCUT2D eigenvalue weighted by atomic mass is 10.2. The second-order valence-electron chi connectivity index (χ2n) is 4.15. The van der Waals surface area contributed by atoms with Gasteiger partial charge in [0.1, 0.15) is 0 Å². The third-order valence-electron chi connectivity index (χ3n) is 2.45. The number of likely N-dealkylation sites (N-methyl/N-ethyl adjacent to an activating group) is 1. The first-order valence-corrected chi connectivity index (χ1v) is 5.13. The van der Waals surface area contributed by atoms with Crippen molar-refractivity contribution in [1.29, 1.82) is 0 Å². The molecule has 0 saturated carbocycles. The number of carboxylic acid groups (broad SMARTS) is 1. The lowest BCUT2D eigenvalue weighted by Gasteiger charge is -2.30. The van der Waals surface area contributed by atoms with Gasteiger partial charge in [-0.05, 0) is 27.9 Å². The summed E-state index contributed by atoms with van der Waals surface area (Å²) in [5, 5.41) is 18.2. The van der Waals surface area contributed by atoms with E-state index < -0.39 is 12.1 Å². The Morgan fingerprint density at radius 1 is 1.27 bits per heavy atom. The summed E-state index contributed by atoms with van der Waals surface area (Å²) < 4.78 is 0. The zero-order valence-electron chi connectivity index (χ0n) is 9.97. The van der Waals surface area contributed by atoms with E-state index in [9.17, 15) is 9.90 Å². The molecule has 15 heavy (non-hydrogen) atoms. The molecular weight excluding hydrogens is 196 g/mol. The fourth-order valence-corrected chi connectivity index (χ4v) is 1.23. The minimum absolute atomic E-state index is 0.0279.